The molecule has 7 nitrogen and oxygen atoms in total. The number of guanidine groups is 1. The molecule has 0 fully saturated rings. The van der Waals surface area contributed by atoms with Crippen LogP contribution in [0.25, 0.3) is 17.1 Å². The van der Waals surface area contributed by atoms with E-state index in [1.165, 1.54) is 0 Å². The van der Waals surface area contributed by atoms with E-state index in [1.54, 1.807) is 18.5 Å². The first-order valence-electron chi connectivity index (χ1n) is 8.48. The number of aliphatic hydroxyl groups is 1. The van der Waals surface area contributed by atoms with E-state index < -0.39 is 6.10 Å². The van der Waals surface area contributed by atoms with E-state index in [2.05, 4.69) is 25.6 Å². The van der Waals surface area contributed by atoms with Crippen LogP contribution >= 0.6 is 0 Å². The van der Waals surface area contributed by atoms with Crippen LogP contribution < -0.4 is 10.6 Å². The first-order chi connectivity index (χ1) is 13.2. The number of nitrogens with one attached hydrogen (secondary N) is 2. The molecule has 2 aromatic carbocycles. The van der Waals surface area contributed by atoms with E-state index in [9.17, 15) is 9.90 Å². The molecule has 1 aromatic heterocycles. The average Bonchev–Trinajstić information content (AvgIpc) is 3.06. The van der Waals surface area contributed by atoms with Gasteiger partial charge in [-0.05, 0) is 29.3 Å². The number of carbonyl (C=O) groups excluding carboxylic acids is 1. The Morgan fingerprint density at radius 2 is 1.85 bits per heavy atom. The Hall–Kier alpha value is -3.58. The molecule has 1 atom stereocenters. The number of fused-ring (bicyclic) bond motifs is 1. The fourth-order valence-corrected chi connectivity index (χ4v) is 2.77. The summed E-state index contributed by atoms with van der Waals surface area (Å²) in [5, 5.41) is 15.8. The summed E-state index contributed by atoms with van der Waals surface area (Å²) in [7, 11) is 0. The molecule has 27 heavy (non-hydrogen) atoms. The lowest BCUT2D eigenvalue weighted by molar-refractivity contribution is -0.115. The van der Waals surface area contributed by atoms with Crippen LogP contribution in [0.15, 0.2) is 71.6 Å². The second kappa shape index (κ2) is 7.35. The van der Waals surface area contributed by atoms with Crippen LogP contribution in [0.2, 0.25) is 0 Å². The van der Waals surface area contributed by atoms with Crippen LogP contribution in [0.5, 0.6) is 0 Å². The zero-order valence-electron chi connectivity index (χ0n) is 14.3. The molecule has 7 heteroatoms. The fraction of sp³-hybridized carbons (Fsp3) is 0.100. The van der Waals surface area contributed by atoms with Crippen LogP contribution in [0, 0.1) is 0 Å². The Morgan fingerprint density at radius 3 is 2.67 bits per heavy atom. The van der Waals surface area contributed by atoms with Gasteiger partial charge in [-0.2, -0.15) is 0 Å². The SMILES string of the molecule is O=C1NC(NC[C@H](O)c2ccccc2)=N/C1=C\c1ccc2nccnc2c1. The van der Waals surface area contributed by atoms with Crippen LogP contribution in [0.4, 0.5) is 0 Å². The molecule has 1 aliphatic rings. The molecule has 0 unspecified atom stereocenters. The zero-order chi connectivity index (χ0) is 18.6. The smallest absolute Gasteiger partial charge is 0.276 e. The fourth-order valence-electron chi connectivity index (χ4n) is 2.77. The number of carbonyl (C=O) groups is 1. The number of nitrogens with zero attached hydrogens (tertiary/aromatic N) is 3. The molecule has 0 radical (unpaired) electrons. The number of hydrogen-bond acceptors (Lipinski definition) is 6. The summed E-state index contributed by atoms with van der Waals surface area (Å²) < 4.78 is 0. The van der Waals surface area contributed by atoms with E-state index in [4.69, 9.17) is 0 Å². The van der Waals surface area contributed by atoms with E-state index in [0.717, 1.165) is 22.2 Å². The van der Waals surface area contributed by atoms with E-state index in [-0.39, 0.29) is 18.1 Å². The van der Waals surface area contributed by atoms with Gasteiger partial charge in [-0.1, -0.05) is 36.4 Å². The van der Waals surface area contributed by atoms with Crippen molar-refractivity contribution in [2.75, 3.05) is 6.54 Å². The van der Waals surface area contributed by atoms with Crippen molar-refractivity contribution in [2.45, 2.75) is 6.10 Å². The molecule has 3 aromatic rings. The largest absolute Gasteiger partial charge is 0.387 e. The molecule has 1 aliphatic heterocycles. The predicted molar refractivity (Wildman–Crippen MR) is 102 cm³/mol. The molecule has 1 amide bonds. The summed E-state index contributed by atoms with van der Waals surface area (Å²) in [6.45, 7) is 0.238. The average molecular weight is 359 g/mol. The van der Waals surface area contributed by atoms with Crippen molar-refractivity contribution in [3.8, 4) is 0 Å². The number of hydrogen-bond donors (Lipinski definition) is 3. The molecule has 4 rings (SSSR count). The molecule has 2 heterocycles. The maximum Gasteiger partial charge on any atom is 0.276 e. The van der Waals surface area contributed by atoms with Gasteiger partial charge in [-0.25, -0.2) is 4.99 Å². The molecule has 0 spiro atoms. The standard InChI is InChI=1S/C20H17N5O2/c26-18(14-4-2-1-3-5-14)12-23-20-24-17(19(27)25-20)11-13-6-7-15-16(10-13)22-9-8-21-15/h1-11,18,26H,12H2,(H2,23,24,25,27)/b17-11-/t18-/m0/s1. The van der Waals surface area contributed by atoms with Crippen molar-refractivity contribution >= 4 is 29.0 Å². The van der Waals surface area contributed by atoms with Gasteiger partial charge < -0.3 is 10.4 Å². The normalized spacial score (nSPS) is 16.3. The van der Waals surface area contributed by atoms with Gasteiger partial charge in [0.25, 0.3) is 5.91 Å². The molecule has 0 saturated heterocycles. The molecule has 0 bridgehead atoms. The van der Waals surface area contributed by atoms with Crippen LogP contribution in [0.3, 0.4) is 0 Å². The zero-order valence-corrected chi connectivity index (χ0v) is 14.3. The molecular weight excluding hydrogens is 342 g/mol. The van der Waals surface area contributed by atoms with Gasteiger partial charge in [0.2, 0.25) is 5.96 Å². The Labute approximate surface area is 155 Å². The highest BCUT2D eigenvalue weighted by Gasteiger charge is 2.20. The number of rotatable bonds is 4. The second-order valence-electron chi connectivity index (χ2n) is 6.06. The van der Waals surface area contributed by atoms with E-state index in [1.807, 2.05) is 48.5 Å². The van der Waals surface area contributed by atoms with Crippen molar-refractivity contribution in [3.05, 3.63) is 77.7 Å². The summed E-state index contributed by atoms with van der Waals surface area (Å²) in [6.07, 6.45) is 4.25. The minimum absolute atomic E-state index is 0.238. The highest BCUT2D eigenvalue weighted by Crippen LogP contribution is 2.16. The summed E-state index contributed by atoms with van der Waals surface area (Å²) in [5.41, 5.74) is 3.43. The van der Waals surface area contributed by atoms with Crippen molar-refractivity contribution in [1.82, 2.24) is 20.6 Å². The van der Waals surface area contributed by atoms with Gasteiger partial charge >= 0.3 is 0 Å². The summed E-state index contributed by atoms with van der Waals surface area (Å²) in [6, 6.07) is 14.9. The van der Waals surface area contributed by atoms with Crippen LogP contribution in [0.1, 0.15) is 17.2 Å². The summed E-state index contributed by atoms with van der Waals surface area (Å²) in [4.78, 5) is 24.9. The third-order valence-electron chi connectivity index (χ3n) is 4.14. The minimum Gasteiger partial charge on any atom is -0.387 e. The highest BCUT2D eigenvalue weighted by molar-refractivity contribution is 6.13. The lowest BCUT2D eigenvalue weighted by Gasteiger charge is -2.12. The minimum atomic E-state index is -0.696. The maximum atomic E-state index is 12.1. The Bertz CT molecular complexity index is 1050. The van der Waals surface area contributed by atoms with Gasteiger partial charge in [0.1, 0.15) is 5.70 Å². The first kappa shape index (κ1) is 16.9. The molecule has 3 N–H and O–H groups in total. The Morgan fingerprint density at radius 1 is 1.07 bits per heavy atom. The van der Waals surface area contributed by atoms with Gasteiger partial charge in [0.05, 0.1) is 17.1 Å². The lowest BCUT2D eigenvalue weighted by atomic mass is 10.1. The third kappa shape index (κ3) is 3.83. The van der Waals surface area contributed by atoms with Gasteiger partial charge in [-0.3, -0.25) is 20.1 Å². The Kier molecular flexibility index (Phi) is 4.59. The summed E-state index contributed by atoms with van der Waals surface area (Å²) >= 11 is 0. The predicted octanol–water partition coefficient (Wildman–Crippen LogP) is 1.78. The molecule has 134 valence electrons. The van der Waals surface area contributed by atoms with Crippen molar-refractivity contribution in [3.63, 3.8) is 0 Å². The van der Waals surface area contributed by atoms with Gasteiger partial charge in [0.15, 0.2) is 0 Å². The van der Waals surface area contributed by atoms with Gasteiger partial charge in [-0.15, -0.1) is 0 Å². The maximum absolute atomic E-state index is 12.1. The van der Waals surface area contributed by atoms with E-state index in [0.29, 0.717) is 5.96 Å². The number of amides is 1. The summed E-state index contributed by atoms with van der Waals surface area (Å²) in [5.74, 6) is 0.0211. The monoisotopic (exact) mass is 359 g/mol. The van der Waals surface area contributed by atoms with Crippen molar-refractivity contribution < 1.29 is 9.90 Å². The number of aromatic nitrogens is 2. The number of benzene rings is 2. The highest BCUT2D eigenvalue weighted by atomic mass is 16.3. The quantitative estimate of drug-likeness (QED) is 0.617. The third-order valence-corrected chi connectivity index (χ3v) is 4.14. The molecule has 0 saturated carbocycles. The van der Waals surface area contributed by atoms with Crippen LogP contribution in [-0.4, -0.2) is 33.5 Å². The van der Waals surface area contributed by atoms with Crippen molar-refractivity contribution in [2.24, 2.45) is 4.99 Å². The second-order valence-corrected chi connectivity index (χ2v) is 6.06. The lowest BCUT2D eigenvalue weighted by Crippen LogP contribution is -2.38. The first-order valence-corrected chi connectivity index (χ1v) is 8.48. The van der Waals surface area contributed by atoms with Crippen LogP contribution in [-0.2, 0) is 4.79 Å². The van der Waals surface area contributed by atoms with Crippen molar-refractivity contribution in [1.29, 1.82) is 0 Å². The number of aliphatic imine (C=N–C) groups is 1. The number of aliphatic hydroxyl groups excluding tert-OH is 1. The molecular formula is C20H17N5O2. The topological polar surface area (TPSA) is 99.5 Å². The van der Waals surface area contributed by atoms with Gasteiger partial charge in [0, 0.05) is 18.9 Å². The Balaban J connectivity index is 1.47. The molecule has 0 aliphatic carbocycles. The van der Waals surface area contributed by atoms with E-state index >= 15 is 0 Å².